The van der Waals surface area contributed by atoms with Gasteiger partial charge in [0, 0.05) is 18.3 Å². The Morgan fingerprint density at radius 3 is 2.86 bits per heavy atom. The number of rotatable bonds is 3. The molecule has 0 radical (unpaired) electrons. The van der Waals surface area contributed by atoms with Crippen LogP contribution in [0.5, 0.6) is 0 Å². The van der Waals surface area contributed by atoms with Crippen molar-refractivity contribution in [2.24, 2.45) is 11.7 Å². The van der Waals surface area contributed by atoms with Gasteiger partial charge in [0.1, 0.15) is 0 Å². The fourth-order valence-electron chi connectivity index (χ4n) is 2.51. The van der Waals surface area contributed by atoms with E-state index in [0.717, 1.165) is 17.7 Å². The summed E-state index contributed by atoms with van der Waals surface area (Å²) in [7, 11) is 0. The van der Waals surface area contributed by atoms with E-state index in [0.29, 0.717) is 0 Å². The third kappa shape index (κ3) is 2.88. The second kappa shape index (κ2) is 5.38. The first-order chi connectivity index (χ1) is 6.88. The minimum absolute atomic E-state index is 0.781. The molecule has 2 unspecified atom stereocenters. The summed E-state index contributed by atoms with van der Waals surface area (Å²) in [6.07, 6.45) is 5.65. The molecule has 0 amide bonds. The monoisotopic (exact) mass is 214 g/mol. The van der Waals surface area contributed by atoms with E-state index < -0.39 is 0 Å². The molecule has 3 heteroatoms. The Balaban J connectivity index is 1.69. The number of nitrogens with zero attached hydrogens (tertiary/aromatic N) is 1. The lowest BCUT2D eigenvalue weighted by atomic mass is 10.1. The van der Waals surface area contributed by atoms with Gasteiger partial charge in [0.25, 0.3) is 0 Å². The van der Waals surface area contributed by atoms with Crippen LogP contribution in [0.25, 0.3) is 0 Å². The Morgan fingerprint density at radius 1 is 1.29 bits per heavy atom. The van der Waals surface area contributed by atoms with E-state index in [1.807, 2.05) is 0 Å². The first kappa shape index (κ1) is 10.8. The van der Waals surface area contributed by atoms with E-state index in [2.05, 4.69) is 16.7 Å². The second-order valence-electron chi connectivity index (χ2n) is 4.64. The Labute approximate surface area is 91.6 Å². The molecule has 2 saturated heterocycles. The lowest BCUT2D eigenvalue weighted by molar-refractivity contribution is 0.319. The minimum Gasteiger partial charge on any atom is -0.330 e. The maximum Gasteiger partial charge on any atom is 0.0175 e. The predicted molar refractivity (Wildman–Crippen MR) is 63.7 cm³/mol. The van der Waals surface area contributed by atoms with Gasteiger partial charge in [0.15, 0.2) is 0 Å². The number of likely N-dealkylation sites (tertiary alicyclic amines) is 1. The molecule has 2 nitrogen and oxygen atoms in total. The Bertz CT molecular complexity index is 169. The van der Waals surface area contributed by atoms with Crippen LogP contribution in [0.15, 0.2) is 0 Å². The summed E-state index contributed by atoms with van der Waals surface area (Å²) in [4.78, 5) is 2.63. The van der Waals surface area contributed by atoms with Crippen LogP contribution in [0.2, 0.25) is 0 Å². The van der Waals surface area contributed by atoms with Crippen molar-refractivity contribution in [2.45, 2.75) is 30.9 Å². The van der Waals surface area contributed by atoms with Gasteiger partial charge in [0.05, 0.1) is 0 Å². The summed E-state index contributed by atoms with van der Waals surface area (Å²) in [5.41, 5.74) is 5.70. The Morgan fingerprint density at radius 2 is 2.21 bits per heavy atom. The molecule has 0 saturated carbocycles. The summed E-state index contributed by atoms with van der Waals surface area (Å²) in [6.45, 7) is 4.75. The number of hydrogen-bond donors (Lipinski definition) is 1. The molecule has 0 aromatic heterocycles. The van der Waals surface area contributed by atoms with Crippen molar-refractivity contribution in [3.63, 3.8) is 0 Å². The average Bonchev–Trinajstić information content (AvgIpc) is 2.67. The predicted octanol–water partition coefficient (Wildman–Crippen LogP) is 1.55. The Kier molecular flexibility index (Phi) is 4.14. The molecule has 2 rings (SSSR count). The zero-order valence-corrected chi connectivity index (χ0v) is 9.77. The molecular weight excluding hydrogens is 192 g/mol. The van der Waals surface area contributed by atoms with Gasteiger partial charge in [-0.2, -0.15) is 11.8 Å². The summed E-state index contributed by atoms with van der Waals surface area (Å²) in [5.74, 6) is 2.17. The van der Waals surface area contributed by atoms with E-state index in [-0.39, 0.29) is 0 Å². The SMILES string of the molecule is NCC1CCN(CC2CCCCS2)C1. The molecule has 2 fully saturated rings. The number of nitrogens with two attached hydrogens (primary N) is 1. The Hall–Kier alpha value is 0.270. The molecule has 2 N–H and O–H groups in total. The maximum absolute atomic E-state index is 5.70. The zero-order chi connectivity index (χ0) is 9.80. The highest BCUT2D eigenvalue weighted by Crippen LogP contribution is 2.27. The van der Waals surface area contributed by atoms with Crippen LogP contribution in [0.4, 0.5) is 0 Å². The zero-order valence-electron chi connectivity index (χ0n) is 8.95. The van der Waals surface area contributed by atoms with Crippen LogP contribution in [0, 0.1) is 5.92 Å². The van der Waals surface area contributed by atoms with E-state index in [1.165, 1.54) is 51.1 Å². The van der Waals surface area contributed by atoms with Crippen molar-refractivity contribution in [2.75, 3.05) is 31.9 Å². The lowest BCUT2D eigenvalue weighted by Crippen LogP contribution is -2.31. The first-order valence-electron chi connectivity index (χ1n) is 5.92. The van der Waals surface area contributed by atoms with Crippen molar-refractivity contribution in [3.05, 3.63) is 0 Å². The van der Waals surface area contributed by atoms with Crippen molar-refractivity contribution < 1.29 is 0 Å². The highest BCUT2D eigenvalue weighted by Gasteiger charge is 2.24. The third-order valence-corrected chi connectivity index (χ3v) is 4.82. The fraction of sp³-hybridized carbons (Fsp3) is 1.00. The van der Waals surface area contributed by atoms with Crippen LogP contribution in [0.1, 0.15) is 25.7 Å². The average molecular weight is 214 g/mol. The fourth-order valence-corrected chi connectivity index (χ4v) is 3.86. The molecule has 14 heavy (non-hydrogen) atoms. The molecule has 0 spiro atoms. The summed E-state index contributed by atoms with van der Waals surface area (Å²) in [5, 5.41) is 0.917. The molecule has 2 heterocycles. The van der Waals surface area contributed by atoms with Crippen LogP contribution in [0.3, 0.4) is 0 Å². The van der Waals surface area contributed by atoms with Crippen LogP contribution >= 0.6 is 11.8 Å². The van der Waals surface area contributed by atoms with Crippen LogP contribution in [-0.4, -0.2) is 42.1 Å². The van der Waals surface area contributed by atoms with Crippen molar-refractivity contribution in [3.8, 4) is 0 Å². The van der Waals surface area contributed by atoms with Crippen molar-refractivity contribution in [1.82, 2.24) is 4.90 Å². The van der Waals surface area contributed by atoms with Gasteiger partial charge < -0.3 is 10.6 Å². The van der Waals surface area contributed by atoms with E-state index >= 15 is 0 Å². The van der Waals surface area contributed by atoms with Gasteiger partial charge in [-0.25, -0.2) is 0 Å². The second-order valence-corrected chi connectivity index (χ2v) is 6.05. The van der Waals surface area contributed by atoms with Gasteiger partial charge >= 0.3 is 0 Å². The smallest absolute Gasteiger partial charge is 0.0175 e. The number of thioether (sulfide) groups is 1. The van der Waals surface area contributed by atoms with E-state index in [4.69, 9.17) is 5.73 Å². The van der Waals surface area contributed by atoms with Gasteiger partial charge in [-0.3, -0.25) is 0 Å². The largest absolute Gasteiger partial charge is 0.330 e. The highest BCUT2D eigenvalue weighted by atomic mass is 32.2. The van der Waals surface area contributed by atoms with Crippen LogP contribution in [-0.2, 0) is 0 Å². The van der Waals surface area contributed by atoms with Gasteiger partial charge in [-0.05, 0) is 44.0 Å². The van der Waals surface area contributed by atoms with E-state index in [9.17, 15) is 0 Å². The molecule has 2 aliphatic rings. The standard InChI is InChI=1S/C11H22N2S/c12-7-10-4-5-13(8-10)9-11-3-1-2-6-14-11/h10-11H,1-9,12H2. The molecule has 82 valence electrons. The van der Waals surface area contributed by atoms with Crippen LogP contribution < -0.4 is 5.73 Å². The molecule has 2 aliphatic heterocycles. The molecular formula is C11H22N2S. The van der Waals surface area contributed by atoms with Gasteiger partial charge in [-0.15, -0.1) is 0 Å². The summed E-state index contributed by atoms with van der Waals surface area (Å²) >= 11 is 2.19. The normalized spacial score (nSPS) is 34.9. The third-order valence-electron chi connectivity index (χ3n) is 3.44. The van der Waals surface area contributed by atoms with Crippen molar-refractivity contribution >= 4 is 11.8 Å². The quantitative estimate of drug-likeness (QED) is 0.773. The molecule has 0 bridgehead atoms. The van der Waals surface area contributed by atoms with Gasteiger partial charge in [-0.1, -0.05) is 6.42 Å². The molecule has 0 aromatic rings. The topological polar surface area (TPSA) is 29.3 Å². The number of hydrogen-bond acceptors (Lipinski definition) is 3. The van der Waals surface area contributed by atoms with E-state index in [1.54, 1.807) is 0 Å². The summed E-state index contributed by atoms with van der Waals surface area (Å²) < 4.78 is 0. The molecule has 2 atom stereocenters. The minimum atomic E-state index is 0.781. The molecule has 0 aliphatic carbocycles. The van der Waals surface area contributed by atoms with Gasteiger partial charge in [0.2, 0.25) is 0 Å². The summed E-state index contributed by atoms with van der Waals surface area (Å²) in [6, 6.07) is 0. The lowest BCUT2D eigenvalue weighted by Gasteiger charge is -2.26. The maximum atomic E-state index is 5.70. The first-order valence-corrected chi connectivity index (χ1v) is 6.97. The highest BCUT2D eigenvalue weighted by molar-refractivity contribution is 7.99. The molecule has 0 aromatic carbocycles. The van der Waals surface area contributed by atoms with Crippen molar-refractivity contribution in [1.29, 1.82) is 0 Å².